The lowest BCUT2D eigenvalue weighted by Crippen LogP contribution is -2.32. The van der Waals surface area contributed by atoms with Crippen LogP contribution in [-0.2, 0) is 11.2 Å². The van der Waals surface area contributed by atoms with Crippen molar-refractivity contribution in [1.82, 2.24) is 5.32 Å². The van der Waals surface area contributed by atoms with Gasteiger partial charge in [0.15, 0.2) is 0 Å². The molecule has 1 rings (SSSR count). The second-order valence-corrected chi connectivity index (χ2v) is 7.96. The molecule has 0 aliphatic rings. The highest BCUT2D eigenvalue weighted by molar-refractivity contribution is 8.47. The summed E-state index contributed by atoms with van der Waals surface area (Å²) in [6.07, 6.45) is 0.748. The largest absolute Gasteiger partial charge is 0.508 e. The molecule has 0 spiro atoms. The van der Waals surface area contributed by atoms with E-state index in [1.165, 1.54) is 11.8 Å². The zero-order valence-corrected chi connectivity index (χ0v) is 14.0. The minimum atomic E-state index is -0.165. The van der Waals surface area contributed by atoms with Crippen molar-refractivity contribution in [3.05, 3.63) is 29.8 Å². The number of amides is 1. The summed E-state index contributed by atoms with van der Waals surface area (Å²) in [5.74, 6) is 1.19. The van der Waals surface area contributed by atoms with Crippen LogP contribution in [0.15, 0.2) is 24.3 Å². The molecule has 0 aromatic heterocycles. The fourth-order valence-corrected chi connectivity index (χ4v) is 4.05. The summed E-state index contributed by atoms with van der Waals surface area (Å²) in [6, 6.07) is 7.01. The zero-order chi connectivity index (χ0) is 15.0. The van der Waals surface area contributed by atoms with E-state index in [-0.39, 0.29) is 16.9 Å². The van der Waals surface area contributed by atoms with E-state index < -0.39 is 0 Å². The number of carbonyl (C=O) groups excluding carboxylic acids is 1. The fraction of sp³-hybridized carbons (Fsp3) is 0.429. The van der Waals surface area contributed by atoms with E-state index in [4.69, 9.17) is 12.2 Å². The maximum atomic E-state index is 11.9. The molecule has 0 aliphatic heterocycles. The minimum absolute atomic E-state index is 0.00725. The molecule has 0 bridgehead atoms. The van der Waals surface area contributed by atoms with Gasteiger partial charge in [0, 0.05) is 6.54 Å². The van der Waals surface area contributed by atoms with Gasteiger partial charge in [-0.1, -0.05) is 43.0 Å². The van der Waals surface area contributed by atoms with Crippen LogP contribution in [0.25, 0.3) is 0 Å². The Labute approximate surface area is 133 Å². The van der Waals surface area contributed by atoms with Gasteiger partial charge in [-0.15, -0.1) is 11.8 Å². The molecule has 6 heteroatoms. The van der Waals surface area contributed by atoms with Gasteiger partial charge in [-0.2, -0.15) is 0 Å². The molecule has 0 saturated heterocycles. The number of hydrogen-bond donors (Lipinski definition) is 2. The van der Waals surface area contributed by atoms with E-state index >= 15 is 0 Å². The highest BCUT2D eigenvalue weighted by Gasteiger charge is 2.15. The van der Waals surface area contributed by atoms with Gasteiger partial charge >= 0.3 is 0 Å². The monoisotopic (exact) mass is 329 g/mol. The third-order valence-corrected chi connectivity index (χ3v) is 5.12. The molecule has 3 nitrogen and oxygen atoms in total. The summed E-state index contributed by atoms with van der Waals surface area (Å²) in [6.45, 7) is 4.49. The topological polar surface area (TPSA) is 49.3 Å². The lowest BCUT2D eigenvalue weighted by Gasteiger charge is -2.12. The summed E-state index contributed by atoms with van der Waals surface area (Å²) >= 11 is 8.19. The van der Waals surface area contributed by atoms with Crippen LogP contribution in [0.1, 0.15) is 19.4 Å². The van der Waals surface area contributed by atoms with Crippen LogP contribution in [0.3, 0.4) is 0 Å². The van der Waals surface area contributed by atoms with Gasteiger partial charge in [-0.3, -0.25) is 4.79 Å². The average Bonchev–Trinajstić information content (AvgIpc) is 2.41. The Kier molecular flexibility index (Phi) is 8.02. The summed E-state index contributed by atoms with van der Waals surface area (Å²) < 4.78 is 0.814. The molecule has 1 aromatic rings. The molecule has 0 saturated carbocycles. The SMILES string of the molecule is CCSC(=S)SC(C)C(=O)NCCc1ccc(O)cc1. The summed E-state index contributed by atoms with van der Waals surface area (Å²) in [5.41, 5.74) is 1.08. The maximum Gasteiger partial charge on any atom is 0.233 e. The van der Waals surface area contributed by atoms with E-state index in [0.717, 1.165) is 21.3 Å². The van der Waals surface area contributed by atoms with Gasteiger partial charge in [-0.25, -0.2) is 0 Å². The minimum Gasteiger partial charge on any atom is -0.508 e. The van der Waals surface area contributed by atoms with Gasteiger partial charge in [0.2, 0.25) is 5.91 Å². The van der Waals surface area contributed by atoms with Crippen molar-refractivity contribution >= 4 is 45.2 Å². The van der Waals surface area contributed by atoms with Crippen LogP contribution in [0.5, 0.6) is 5.75 Å². The van der Waals surface area contributed by atoms with Crippen molar-refractivity contribution in [2.45, 2.75) is 25.5 Å². The molecule has 2 N–H and O–H groups in total. The average molecular weight is 330 g/mol. The normalized spacial score (nSPS) is 11.9. The highest BCUT2D eigenvalue weighted by Crippen LogP contribution is 2.21. The Balaban J connectivity index is 2.28. The molecule has 0 aliphatic carbocycles. The van der Waals surface area contributed by atoms with E-state index in [2.05, 4.69) is 5.32 Å². The van der Waals surface area contributed by atoms with Crippen molar-refractivity contribution in [2.24, 2.45) is 0 Å². The highest BCUT2D eigenvalue weighted by atomic mass is 32.2. The van der Waals surface area contributed by atoms with Crippen LogP contribution in [-0.4, -0.2) is 32.1 Å². The lowest BCUT2D eigenvalue weighted by molar-refractivity contribution is -0.120. The number of rotatable bonds is 6. The maximum absolute atomic E-state index is 11.9. The van der Waals surface area contributed by atoms with E-state index in [1.54, 1.807) is 23.9 Å². The molecule has 1 atom stereocenters. The molecule has 0 fully saturated rings. The van der Waals surface area contributed by atoms with Crippen molar-refractivity contribution in [2.75, 3.05) is 12.3 Å². The second kappa shape index (κ2) is 9.26. The lowest BCUT2D eigenvalue weighted by atomic mass is 10.1. The Hall–Kier alpha value is -0.720. The predicted molar refractivity (Wildman–Crippen MR) is 92.6 cm³/mol. The molecule has 1 unspecified atom stereocenters. The Morgan fingerprint density at radius 1 is 1.40 bits per heavy atom. The van der Waals surface area contributed by atoms with Gasteiger partial charge in [0.25, 0.3) is 0 Å². The third kappa shape index (κ3) is 6.63. The first kappa shape index (κ1) is 17.3. The third-order valence-electron chi connectivity index (χ3n) is 2.55. The number of nitrogens with one attached hydrogen (secondary N) is 1. The first-order valence-corrected chi connectivity index (χ1v) is 8.69. The van der Waals surface area contributed by atoms with Gasteiger partial charge < -0.3 is 10.4 Å². The van der Waals surface area contributed by atoms with Crippen molar-refractivity contribution in [3.8, 4) is 5.75 Å². The first-order valence-electron chi connectivity index (χ1n) is 6.42. The standard InChI is InChI=1S/C14H19NO2S3/c1-3-19-14(18)20-10(2)13(17)15-9-8-11-4-6-12(16)7-5-11/h4-7,10,16H,3,8-9H2,1-2H3,(H,15,17). The number of phenolic OH excluding ortho intramolecular Hbond substituents is 1. The van der Waals surface area contributed by atoms with Crippen LogP contribution >= 0.6 is 35.7 Å². The summed E-state index contributed by atoms with van der Waals surface area (Å²) in [4.78, 5) is 11.9. The van der Waals surface area contributed by atoms with Crippen molar-refractivity contribution < 1.29 is 9.90 Å². The number of phenols is 1. The second-order valence-electron chi connectivity index (χ2n) is 4.15. The Morgan fingerprint density at radius 3 is 2.65 bits per heavy atom. The van der Waals surface area contributed by atoms with E-state index in [9.17, 15) is 9.90 Å². The first-order chi connectivity index (χ1) is 9.52. The van der Waals surface area contributed by atoms with Crippen LogP contribution < -0.4 is 5.32 Å². The van der Waals surface area contributed by atoms with Crippen LogP contribution in [0.4, 0.5) is 0 Å². The molecule has 0 radical (unpaired) electrons. The van der Waals surface area contributed by atoms with Crippen LogP contribution in [0.2, 0.25) is 0 Å². The molecule has 0 heterocycles. The smallest absolute Gasteiger partial charge is 0.233 e. The van der Waals surface area contributed by atoms with E-state index in [1.807, 2.05) is 26.0 Å². The van der Waals surface area contributed by atoms with Gasteiger partial charge in [0.1, 0.15) is 9.28 Å². The zero-order valence-electron chi connectivity index (χ0n) is 11.6. The number of carbonyl (C=O) groups is 1. The van der Waals surface area contributed by atoms with Gasteiger partial charge in [0.05, 0.1) is 5.25 Å². The molecular weight excluding hydrogens is 310 g/mol. The van der Waals surface area contributed by atoms with E-state index in [0.29, 0.717) is 6.54 Å². The van der Waals surface area contributed by atoms with Crippen molar-refractivity contribution in [1.29, 1.82) is 0 Å². The Morgan fingerprint density at radius 2 is 2.05 bits per heavy atom. The summed E-state index contributed by atoms with van der Waals surface area (Å²) in [7, 11) is 0. The quantitative estimate of drug-likeness (QED) is 0.785. The predicted octanol–water partition coefficient (Wildman–Crippen LogP) is 3.21. The number of aromatic hydroxyl groups is 1. The van der Waals surface area contributed by atoms with Gasteiger partial charge in [-0.05, 0) is 36.8 Å². The summed E-state index contributed by atoms with van der Waals surface area (Å²) in [5, 5.41) is 11.9. The Bertz CT molecular complexity index is 448. The number of benzene rings is 1. The fourth-order valence-electron chi connectivity index (χ4n) is 1.49. The molecule has 1 amide bonds. The molecule has 20 heavy (non-hydrogen) atoms. The number of thiocarbonyl (C=S) groups is 1. The molecular formula is C14H19NO2S3. The van der Waals surface area contributed by atoms with Crippen molar-refractivity contribution in [3.63, 3.8) is 0 Å². The van der Waals surface area contributed by atoms with Crippen LogP contribution in [0, 0.1) is 0 Å². The molecule has 1 aromatic carbocycles. The number of thioether (sulfide) groups is 2. The number of hydrogen-bond acceptors (Lipinski definition) is 5. The molecule has 110 valence electrons.